The molecule has 0 radical (unpaired) electrons. The Bertz CT molecular complexity index is 265. The zero-order valence-electron chi connectivity index (χ0n) is 7.75. The Morgan fingerprint density at radius 3 is 2.77 bits per heavy atom. The van der Waals surface area contributed by atoms with E-state index in [1.165, 1.54) is 12.8 Å². The lowest BCUT2D eigenvalue weighted by Crippen LogP contribution is -2.16. The lowest BCUT2D eigenvalue weighted by atomic mass is 10.4. The van der Waals surface area contributed by atoms with Crippen LogP contribution in [0.4, 0.5) is 5.82 Å². The average molecular weight is 178 g/mol. The largest absolute Gasteiger partial charge is 0.372 e. The van der Waals surface area contributed by atoms with Crippen molar-refractivity contribution in [2.45, 2.75) is 25.4 Å². The summed E-state index contributed by atoms with van der Waals surface area (Å²) in [6.07, 6.45) is 6.18. The molecule has 1 aromatic heterocycles. The van der Waals surface area contributed by atoms with Crippen molar-refractivity contribution in [1.82, 2.24) is 15.3 Å². The lowest BCUT2D eigenvalue weighted by molar-refractivity contribution is 0.672. The quantitative estimate of drug-likeness (QED) is 0.715. The Morgan fingerprint density at radius 1 is 1.38 bits per heavy atom. The van der Waals surface area contributed by atoms with E-state index in [4.69, 9.17) is 0 Å². The van der Waals surface area contributed by atoms with Crippen LogP contribution in [0.1, 0.15) is 18.5 Å². The third-order valence-electron chi connectivity index (χ3n) is 2.11. The normalized spacial score (nSPS) is 15.8. The fourth-order valence-electron chi connectivity index (χ4n) is 1.11. The molecule has 1 heterocycles. The smallest absolute Gasteiger partial charge is 0.144 e. The van der Waals surface area contributed by atoms with Gasteiger partial charge in [0.1, 0.15) is 5.82 Å². The first-order valence-electron chi connectivity index (χ1n) is 4.60. The molecule has 4 nitrogen and oxygen atoms in total. The highest BCUT2D eigenvalue weighted by Crippen LogP contribution is 2.18. The summed E-state index contributed by atoms with van der Waals surface area (Å²) in [7, 11) is 1.84. The maximum atomic E-state index is 4.26. The van der Waals surface area contributed by atoms with Crippen molar-refractivity contribution in [3.05, 3.63) is 18.1 Å². The Kier molecular flexibility index (Phi) is 2.40. The van der Waals surface area contributed by atoms with Gasteiger partial charge in [0.15, 0.2) is 0 Å². The summed E-state index contributed by atoms with van der Waals surface area (Å²) >= 11 is 0. The zero-order chi connectivity index (χ0) is 9.10. The van der Waals surface area contributed by atoms with Gasteiger partial charge in [0, 0.05) is 19.6 Å². The topological polar surface area (TPSA) is 49.8 Å². The zero-order valence-corrected chi connectivity index (χ0v) is 7.75. The van der Waals surface area contributed by atoms with E-state index in [-0.39, 0.29) is 0 Å². The van der Waals surface area contributed by atoms with Gasteiger partial charge in [-0.2, -0.15) is 0 Å². The molecule has 0 amide bonds. The fourth-order valence-corrected chi connectivity index (χ4v) is 1.11. The monoisotopic (exact) mass is 178 g/mol. The molecule has 0 bridgehead atoms. The van der Waals surface area contributed by atoms with Crippen molar-refractivity contribution in [3.8, 4) is 0 Å². The van der Waals surface area contributed by atoms with Gasteiger partial charge < -0.3 is 10.6 Å². The van der Waals surface area contributed by atoms with Crippen molar-refractivity contribution in [2.24, 2.45) is 0 Å². The number of nitrogens with one attached hydrogen (secondary N) is 2. The van der Waals surface area contributed by atoms with Gasteiger partial charge in [0.05, 0.1) is 18.1 Å². The van der Waals surface area contributed by atoms with Gasteiger partial charge >= 0.3 is 0 Å². The molecule has 0 unspecified atom stereocenters. The fraction of sp³-hybridized carbons (Fsp3) is 0.556. The molecule has 2 rings (SSSR count). The van der Waals surface area contributed by atoms with Crippen molar-refractivity contribution in [2.75, 3.05) is 12.4 Å². The first-order valence-corrected chi connectivity index (χ1v) is 4.60. The summed E-state index contributed by atoms with van der Waals surface area (Å²) in [5, 5.41) is 6.32. The highest BCUT2D eigenvalue weighted by molar-refractivity contribution is 5.29. The molecule has 2 N–H and O–H groups in total. The van der Waals surface area contributed by atoms with Gasteiger partial charge in [-0.05, 0) is 12.8 Å². The van der Waals surface area contributed by atoms with E-state index in [1.54, 1.807) is 12.4 Å². The van der Waals surface area contributed by atoms with E-state index in [0.29, 0.717) is 0 Å². The Hall–Kier alpha value is -1.16. The summed E-state index contributed by atoms with van der Waals surface area (Å²) < 4.78 is 0. The van der Waals surface area contributed by atoms with Gasteiger partial charge in [-0.25, -0.2) is 4.98 Å². The van der Waals surface area contributed by atoms with E-state index in [1.807, 2.05) is 7.05 Å². The van der Waals surface area contributed by atoms with Crippen molar-refractivity contribution in [1.29, 1.82) is 0 Å². The van der Waals surface area contributed by atoms with Crippen LogP contribution in [0.2, 0.25) is 0 Å². The molecule has 1 fully saturated rings. The molecular formula is C9H14N4. The van der Waals surface area contributed by atoms with Gasteiger partial charge in [-0.3, -0.25) is 4.98 Å². The Labute approximate surface area is 77.8 Å². The molecular weight excluding hydrogens is 164 g/mol. The van der Waals surface area contributed by atoms with Crippen molar-refractivity contribution < 1.29 is 0 Å². The second kappa shape index (κ2) is 3.70. The molecule has 4 heteroatoms. The standard InChI is InChI=1S/C9H14N4/c1-10-9-6-12-8(5-13-9)4-11-7-2-3-7/h5-7,11H,2-4H2,1H3,(H,10,13). The van der Waals surface area contributed by atoms with E-state index in [9.17, 15) is 0 Å². The molecule has 0 atom stereocenters. The molecule has 70 valence electrons. The number of rotatable bonds is 4. The maximum absolute atomic E-state index is 4.26. The van der Waals surface area contributed by atoms with Crippen LogP contribution in [-0.2, 0) is 6.54 Å². The van der Waals surface area contributed by atoms with Gasteiger partial charge in [0.25, 0.3) is 0 Å². The third-order valence-corrected chi connectivity index (χ3v) is 2.11. The van der Waals surface area contributed by atoms with E-state index >= 15 is 0 Å². The minimum atomic E-state index is 0.728. The SMILES string of the molecule is CNc1cnc(CNC2CC2)cn1. The lowest BCUT2D eigenvalue weighted by Gasteiger charge is -2.02. The minimum Gasteiger partial charge on any atom is -0.372 e. The Morgan fingerprint density at radius 2 is 2.23 bits per heavy atom. The predicted octanol–water partition coefficient (Wildman–Crippen LogP) is 0.770. The molecule has 0 spiro atoms. The second-order valence-electron chi connectivity index (χ2n) is 3.30. The predicted molar refractivity (Wildman–Crippen MR) is 51.4 cm³/mol. The molecule has 0 saturated heterocycles. The van der Waals surface area contributed by atoms with Crippen LogP contribution in [0.3, 0.4) is 0 Å². The van der Waals surface area contributed by atoms with E-state index in [2.05, 4.69) is 20.6 Å². The molecule has 1 saturated carbocycles. The number of aromatic nitrogens is 2. The summed E-state index contributed by atoms with van der Waals surface area (Å²) in [5.74, 6) is 0.815. The van der Waals surface area contributed by atoms with Gasteiger partial charge in [0.2, 0.25) is 0 Å². The molecule has 1 aliphatic rings. The number of hydrogen-bond donors (Lipinski definition) is 2. The van der Waals surface area contributed by atoms with Crippen molar-refractivity contribution in [3.63, 3.8) is 0 Å². The molecule has 1 aliphatic carbocycles. The average Bonchev–Trinajstić information content (AvgIpc) is 2.99. The summed E-state index contributed by atoms with van der Waals surface area (Å²) in [4.78, 5) is 8.44. The van der Waals surface area contributed by atoms with Crippen LogP contribution in [0.25, 0.3) is 0 Å². The highest BCUT2D eigenvalue weighted by atomic mass is 15.0. The summed E-state index contributed by atoms with van der Waals surface area (Å²) in [6.45, 7) is 0.835. The number of anilines is 1. The first kappa shape index (κ1) is 8.44. The molecule has 0 aliphatic heterocycles. The van der Waals surface area contributed by atoms with E-state index < -0.39 is 0 Å². The molecule has 1 aromatic rings. The highest BCUT2D eigenvalue weighted by Gasteiger charge is 2.20. The van der Waals surface area contributed by atoms with Gasteiger partial charge in [-0.15, -0.1) is 0 Å². The maximum Gasteiger partial charge on any atom is 0.144 e. The molecule has 13 heavy (non-hydrogen) atoms. The number of hydrogen-bond acceptors (Lipinski definition) is 4. The summed E-state index contributed by atoms with van der Waals surface area (Å²) in [5.41, 5.74) is 1.01. The van der Waals surface area contributed by atoms with Crippen molar-refractivity contribution >= 4 is 5.82 Å². The molecule has 0 aromatic carbocycles. The number of nitrogens with zero attached hydrogens (tertiary/aromatic N) is 2. The van der Waals surface area contributed by atoms with Crippen LogP contribution >= 0.6 is 0 Å². The van der Waals surface area contributed by atoms with Crippen LogP contribution in [0.15, 0.2) is 12.4 Å². The minimum absolute atomic E-state index is 0.728. The van der Waals surface area contributed by atoms with Crippen LogP contribution in [-0.4, -0.2) is 23.1 Å². The Balaban J connectivity index is 1.88. The van der Waals surface area contributed by atoms with Crippen LogP contribution in [0.5, 0.6) is 0 Å². The second-order valence-corrected chi connectivity index (χ2v) is 3.30. The summed E-state index contributed by atoms with van der Waals surface area (Å²) in [6, 6.07) is 0.728. The van der Waals surface area contributed by atoms with Crippen LogP contribution in [0, 0.1) is 0 Å². The van der Waals surface area contributed by atoms with E-state index in [0.717, 1.165) is 24.1 Å². The van der Waals surface area contributed by atoms with Gasteiger partial charge in [-0.1, -0.05) is 0 Å². The van der Waals surface area contributed by atoms with Crippen LogP contribution < -0.4 is 10.6 Å². The third kappa shape index (κ3) is 2.39. The first-order chi connectivity index (χ1) is 6.38.